The molecule has 1 aromatic carbocycles. The van der Waals surface area contributed by atoms with Crippen LogP contribution in [0.25, 0.3) is 0 Å². The fourth-order valence-electron chi connectivity index (χ4n) is 3.37. The largest absolute Gasteiger partial charge is 0.317 e. The highest BCUT2D eigenvalue weighted by atomic mass is 35.5. The number of benzene rings is 1. The van der Waals surface area contributed by atoms with Crippen LogP contribution >= 0.6 is 23.2 Å². The van der Waals surface area contributed by atoms with Gasteiger partial charge >= 0.3 is 0 Å². The molecule has 2 aliphatic rings. The second-order valence-corrected chi connectivity index (χ2v) is 8.73. The Labute approximate surface area is 139 Å². The third-order valence-corrected chi connectivity index (χ3v) is 7.40. The average Bonchev–Trinajstić information content (AvgIpc) is 2.82. The summed E-state index contributed by atoms with van der Waals surface area (Å²) in [7, 11) is -3.81. The topological polar surface area (TPSA) is 49.4 Å². The van der Waals surface area contributed by atoms with Crippen molar-refractivity contribution < 1.29 is 12.8 Å². The summed E-state index contributed by atoms with van der Waals surface area (Å²) in [5.74, 6) is -0.648. The van der Waals surface area contributed by atoms with Gasteiger partial charge in [-0.2, -0.15) is 4.31 Å². The van der Waals surface area contributed by atoms with Gasteiger partial charge in [-0.3, -0.25) is 0 Å². The van der Waals surface area contributed by atoms with E-state index < -0.39 is 15.8 Å². The minimum absolute atomic E-state index is 0.0390. The summed E-state index contributed by atoms with van der Waals surface area (Å²) >= 11 is 11.9. The zero-order valence-electron chi connectivity index (χ0n) is 11.9. The van der Waals surface area contributed by atoms with E-state index in [1.165, 1.54) is 4.31 Å². The monoisotopic (exact) mass is 366 g/mol. The molecule has 2 fully saturated rings. The first-order chi connectivity index (χ1) is 10.3. The highest BCUT2D eigenvalue weighted by Crippen LogP contribution is 2.42. The molecule has 0 atom stereocenters. The molecule has 2 aliphatic heterocycles. The third-order valence-electron chi connectivity index (χ3n) is 4.63. The zero-order chi connectivity index (χ0) is 16.0. The third kappa shape index (κ3) is 2.87. The van der Waals surface area contributed by atoms with E-state index in [-0.39, 0.29) is 20.4 Å². The number of rotatable bonds is 2. The van der Waals surface area contributed by atoms with Crippen LogP contribution < -0.4 is 5.32 Å². The molecule has 2 heterocycles. The van der Waals surface area contributed by atoms with E-state index in [4.69, 9.17) is 23.2 Å². The maximum Gasteiger partial charge on any atom is 0.246 e. The summed E-state index contributed by atoms with van der Waals surface area (Å²) in [5.41, 5.74) is 0.0390. The Bertz CT molecular complexity index is 667. The van der Waals surface area contributed by atoms with Gasteiger partial charge in [-0.1, -0.05) is 23.2 Å². The molecule has 0 radical (unpaired) electrons. The van der Waals surface area contributed by atoms with Gasteiger partial charge in [0.25, 0.3) is 0 Å². The van der Waals surface area contributed by atoms with Gasteiger partial charge in [0.2, 0.25) is 10.0 Å². The van der Waals surface area contributed by atoms with Crippen LogP contribution in [0.1, 0.15) is 19.3 Å². The molecule has 1 N–H and O–H groups in total. The van der Waals surface area contributed by atoms with Crippen molar-refractivity contribution in [2.24, 2.45) is 5.41 Å². The number of nitrogens with one attached hydrogen (secondary N) is 1. The molecule has 4 nitrogen and oxygen atoms in total. The number of halogens is 3. The highest BCUT2D eigenvalue weighted by Gasteiger charge is 2.44. The van der Waals surface area contributed by atoms with E-state index >= 15 is 0 Å². The van der Waals surface area contributed by atoms with Crippen LogP contribution in [0.3, 0.4) is 0 Å². The van der Waals surface area contributed by atoms with E-state index in [2.05, 4.69) is 5.32 Å². The number of nitrogens with zero attached hydrogens (tertiary/aromatic N) is 1. The number of sulfonamides is 1. The number of piperidine rings is 1. The molecule has 8 heteroatoms. The molecule has 0 amide bonds. The Morgan fingerprint density at radius 2 is 1.73 bits per heavy atom. The molecule has 0 aromatic heterocycles. The van der Waals surface area contributed by atoms with Gasteiger partial charge in [-0.15, -0.1) is 0 Å². The Morgan fingerprint density at radius 1 is 1.14 bits per heavy atom. The quantitative estimate of drug-likeness (QED) is 0.875. The first-order valence-corrected chi connectivity index (χ1v) is 9.39. The van der Waals surface area contributed by atoms with Crippen molar-refractivity contribution >= 4 is 33.2 Å². The molecule has 0 unspecified atom stereocenters. The second-order valence-electron chi connectivity index (χ2n) is 6.04. The van der Waals surface area contributed by atoms with Crippen LogP contribution in [0.15, 0.2) is 17.0 Å². The molecule has 122 valence electrons. The van der Waals surface area contributed by atoms with Crippen LogP contribution in [0.5, 0.6) is 0 Å². The lowest BCUT2D eigenvalue weighted by Gasteiger charge is -2.33. The Kier molecular flexibility index (Phi) is 4.42. The molecular formula is C14H17Cl2FN2O2S. The summed E-state index contributed by atoms with van der Waals surface area (Å²) < 4.78 is 40.4. The van der Waals surface area contributed by atoms with Crippen molar-refractivity contribution in [1.82, 2.24) is 9.62 Å². The zero-order valence-corrected chi connectivity index (χ0v) is 14.2. The fraction of sp³-hybridized carbons (Fsp3) is 0.571. The van der Waals surface area contributed by atoms with Crippen molar-refractivity contribution in [3.8, 4) is 0 Å². The van der Waals surface area contributed by atoms with Gasteiger partial charge in [0.15, 0.2) is 0 Å². The van der Waals surface area contributed by atoms with Gasteiger partial charge in [0.1, 0.15) is 10.7 Å². The lowest BCUT2D eigenvalue weighted by atomic mass is 9.78. The van der Waals surface area contributed by atoms with E-state index in [1.807, 2.05) is 0 Å². The molecule has 0 aliphatic carbocycles. The van der Waals surface area contributed by atoms with Crippen molar-refractivity contribution in [3.05, 3.63) is 28.0 Å². The Balaban J connectivity index is 1.92. The van der Waals surface area contributed by atoms with Gasteiger partial charge in [-0.05, 0) is 49.9 Å². The average molecular weight is 367 g/mol. The van der Waals surface area contributed by atoms with Crippen LogP contribution in [0.2, 0.25) is 10.0 Å². The molecule has 2 saturated heterocycles. The number of hydrogen-bond acceptors (Lipinski definition) is 3. The molecule has 3 rings (SSSR count). The molecule has 1 spiro atoms. The molecule has 22 heavy (non-hydrogen) atoms. The predicted molar refractivity (Wildman–Crippen MR) is 84.3 cm³/mol. The molecular weight excluding hydrogens is 350 g/mol. The second kappa shape index (κ2) is 5.91. The lowest BCUT2D eigenvalue weighted by molar-refractivity contribution is 0.218. The Hall–Kier alpha value is -0.400. The normalized spacial score (nSPS) is 22.3. The highest BCUT2D eigenvalue weighted by molar-refractivity contribution is 7.89. The minimum atomic E-state index is -3.81. The number of hydrogen-bond donors (Lipinski definition) is 1. The summed E-state index contributed by atoms with van der Waals surface area (Å²) in [6, 6.07) is 1.97. The molecule has 0 saturated carbocycles. The first-order valence-electron chi connectivity index (χ1n) is 7.20. The minimum Gasteiger partial charge on any atom is -0.317 e. The Morgan fingerprint density at radius 3 is 2.32 bits per heavy atom. The van der Waals surface area contributed by atoms with E-state index in [0.29, 0.717) is 13.1 Å². The van der Waals surface area contributed by atoms with Gasteiger partial charge in [0.05, 0.1) is 10.0 Å². The van der Waals surface area contributed by atoms with E-state index in [9.17, 15) is 12.8 Å². The maximum atomic E-state index is 13.3. The SMILES string of the molecule is O=S(=O)(c1c(Cl)cc(F)cc1Cl)N1CCC2(CCNCC2)C1. The van der Waals surface area contributed by atoms with Crippen LogP contribution in [0.4, 0.5) is 4.39 Å². The van der Waals surface area contributed by atoms with E-state index in [0.717, 1.165) is 44.5 Å². The molecule has 1 aromatic rings. The van der Waals surface area contributed by atoms with Crippen LogP contribution in [0, 0.1) is 11.2 Å². The maximum absolute atomic E-state index is 13.3. The summed E-state index contributed by atoms with van der Waals surface area (Å²) in [6.45, 7) is 2.74. The standard InChI is InChI=1S/C14H17Cl2FN2O2S/c15-11-7-10(17)8-12(16)13(11)22(20,21)19-6-3-14(9-19)1-4-18-5-2-14/h7-8,18H,1-6,9H2. The molecule has 0 bridgehead atoms. The van der Waals surface area contributed by atoms with Crippen LogP contribution in [-0.4, -0.2) is 38.9 Å². The van der Waals surface area contributed by atoms with Gasteiger partial charge < -0.3 is 5.32 Å². The first kappa shape index (κ1) is 16.5. The smallest absolute Gasteiger partial charge is 0.246 e. The van der Waals surface area contributed by atoms with E-state index in [1.54, 1.807) is 0 Å². The van der Waals surface area contributed by atoms with Crippen molar-refractivity contribution in [2.75, 3.05) is 26.2 Å². The van der Waals surface area contributed by atoms with Crippen molar-refractivity contribution in [3.63, 3.8) is 0 Å². The fourth-order valence-corrected chi connectivity index (χ4v) is 6.06. The van der Waals surface area contributed by atoms with Crippen molar-refractivity contribution in [1.29, 1.82) is 0 Å². The van der Waals surface area contributed by atoms with Gasteiger partial charge in [-0.25, -0.2) is 12.8 Å². The van der Waals surface area contributed by atoms with Gasteiger partial charge in [0, 0.05) is 13.1 Å². The summed E-state index contributed by atoms with van der Waals surface area (Å²) in [5, 5.41) is 2.95. The van der Waals surface area contributed by atoms with Crippen molar-refractivity contribution in [2.45, 2.75) is 24.2 Å². The van der Waals surface area contributed by atoms with Crippen LogP contribution in [-0.2, 0) is 10.0 Å². The summed E-state index contributed by atoms with van der Waals surface area (Å²) in [4.78, 5) is -0.191. The lowest BCUT2D eigenvalue weighted by Crippen LogP contribution is -2.39. The predicted octanol–water partition coefficient (Wildman–Crippen LogP) is 2.90. The summed E-state index contributed by atoms with van der Waals surface area (Å²) in [6.07, 6.45) is 2.76.